The predicted octanol–water partition coefficient (Wildman–Crippen LogP) is 2.60. The Morgan fingerprint density at radius 1 is 1.42 bits per heavy atom. The van der Waals surface area contributed by atoms with Gasteiger partial charge in [0.25, 0.3) is 0 Å². The summed E-state index contributed by atoms with van der Waals surface area (Å²) in [6, 6.07) is 2.25. The first-order valence-corrected chi connectivity index (χ1v) is 4.47. The number of ether oxygens (including phenoxy) is 1. The minimum Gasteiger partial charge on any atom is -0.381 e. The van der Waals surface area contributed by atoms with Crippen LogP contribution in [0.15, 0.2) is 0 Å². The van der Waals surface area contributed by atoms with E-state index in [1.165, 1.54) is 0 Å². The minimum absolute atomic E-state index is 0.239. The van der Waals surface area contributed by atoms with E-state index in [-0.39, 0.29) is 5.41 Å². The van der Waals surface area contributed by atoms with E-state index in [0.29, 0.717) is 12.5 Å². The zero-order valence-corrected chi connectivity index (χ0v) is 8.55. The van der Waals surface area contributed by atoms with E-state index >= 15 is 0 Å². The zero-order chi connectivity index (χ0) is 9.61. The van der Waals surface area contributed by atoms with Gasteiger partial charge in [-0.3, -0.25) is 0 Å². The molecule has 0 spiro atoms. The van der Waals surface area contributed by atoms with E-state index in [9.17, 15) is 0 Å². The normalized spacial score (nSPS) is 11.7. The summed E-state index contributed by atoms with van der Waals surface area (Å²) in [5.74, 6) is 0.579. The Kier molecular flexibility index (Phi) is 4.92. The number of rotatable bonds is 5. The van der Waals surface area contributed by atoms with E-state index in [2.05, 4.69) is 19.9 Å². The van der Waals surface area contributed by atoms with E-state index in [1.54, 1.807) is 0 Å². The molecule has 0 atom stereocenters. The first kappa shape index (κ1) is 11.4. The molecule has 0 heterocycles. The molecular formula is C10H19NO. The average molecular weight is 169 g/mol. The highest BCUT2D eigenvalue weighted by Gasteiger charge is 2.15. The van der Waals surface area contributed by atoms with Crippen LogP contribution in [0.5, 0.6) is 0 Å². The van der Waals surface area contributed by atoms with Crippen molar-refractivity contribution in [2.75, 3.05) is 13.2 Å². The highest BCUT2D eigenvalue weighted by molar-refractivity contribution is 4.91. The molecule has 0 saturated carbocycles. The summed E-state index contributed by atoms with van der Waals surface area (Å²) in [6.45, 7) is 9.60. The van der Waals surface area contributed by atoms with Crippen LogP contribution in [-0.4, -0.2) is 13.2 Å². The van der Waals surface area contributed by atoms with E-state index in [4.69, 9.17) is 10.00 Å². The minimum atomic E-state index is -0.239. The predicted molar refractivity (Wildman–Crippen MR) is 49.7 cm³/mol. The lowest BCUT2D eigenvalue weighted by Gasteiger charge is -2.15. The number of hydrogen-bond acceptors (Lipinski definition) is 2. The maximum absolute atomic E-state index is 8.70. The third kappa shape index (κ3) is 6.18. The van der Waals surface area contributed by atoms with Gasteiger partial charge in [0, 0.05) is 13.2 Å². The highest BCUT2D eigenvalue weighted by Crippen LogP contribution is 2.18. The van der Waals surface area contributed by atoms with Gasteiger partial charge in [0.2, 0.25) is 0 Å². The van der Waals surface area contributed by atoms with Crippen molar-refractivity contribution in [2.24, 2.45) is 11.3 Å². The third-order valence-corrected chi connectivity index (χ3v) is 1.63. The summed E-state index contributed by atoms with van der Waals surface area (Å²) in [5, 5.41) is 8.70. The first-order chi connectivity index (χ1) is 5.48. The van der Waals surface area contributed by atoms with Gasteiger partial charge in [0.05, 0.1) is 11.5 Å². The standard InChI is InChI=1S/C10H19NO/c1-9(2)7-12-6-5-10(3,4)8-11/h9H,5-7H2,1-4H3. The molecule has 2 nitrogen and oxygen atoms in total. The molecule has 2 heteroatoms. The molecule has 0 N–H and O–H groups in total. The van der Waals surface area contributed by atoms with Gasteiger partial charge in [-0.2, -0.15) is 5.26 Å². The van der Waals surface area contributed by atoms with Crippen molar-refractivity contribution in [1.82, 2.24) is 0 Å². The Balaban J connectivity index is 3.39. The quantitative estimate of drug-likeness (QED) is 0.593. The Bertz CT molecular complexity index is 156. The monoisotopic (exact) mass is 169 g/mol. The van der Waals surface area contributed by atoms with Crippen molar-refractivity contribution in [3.8, 4) is 6.07 Å². The molecule has 0 aliphatic carbocycles. The zero-order valence-electron chi connectivity index (χ0n) is 8.55. The molecule has 0 radical (unpaired) electrons. The largest absolute Gasteiger partial charge is 0.381 e. The van der Waals surface area contributed by atoms with Gasteiger partial charge in [0.15, 0.2) is 0 Å². The summed E-state index contributed by atoms with van der Waals surface area (Å²) >= 11 is 0. The molecule has 0 aliphatic heterocycles. The van der Waals surface area contributed by atoms with Gasteiger partial charge in [0.1, 0.15) is 0 Å². The van der Waals surface area contributed by atoms with Crippen LogP contribution in [0, 0.1) is 22.7 Å². The van der Waals surface area contributed by atoms with Crippen molar-refractivity contribution in [2.45, 2.75) is 34.1 Å². The lowest BCUT2D eigenvalue weighted by Crippen LogP contribution is -2.13. The van der Waals surface area contributed by atoms with Gasteiger partial charge in [-0.15, -0.1) is 0 Å². The molecule has 12 heavy (non-hydrogen) atoms. The van der Waals surface area contributed by atoms with Crippen molar-refractivity contribution >= 4 is 0 Å². The highest BCUT2D eigenvalue weighted by atomic mass is 16.5. The molecule has 0 aromatic heterocycles. The van der Waals surface area contributed by atoms with Crippen LogP contribution >= 0.6 is 0 Å². The maximum Gasteiger partial charge on any atom is 0.0684 e. The van der Waals surface area contributed by atoms with Crippen LogP contribution in [0.1, 0.15) is 34.1 Å². The summed E-state index contributed by atoms with van der Waals surface area (Å²) in [4.78, 5) is 0. The molecule has 0 aromatic carbocycles. The van der Waals surface area contributed by atoms with E-state index < -0.39 is 0 Å². The van der Waals surface area contributed by atoms with Gasteiger partial charge in [-0.25, -0.2) is 0 Å². The smallest absolute Gasteiger partial charge is 0.0684 e. The van der Waals surface area contributed by atoms with Crippen LogP contribution in [0.4, 0.5) is 0 Å². The Morgan fingerprint density at radius 3 is 2.42 bits per heavy atom. The van der Waals surface area contributed by atoms with Crippen molar-refractivity contribution < 1.29 is 4.74 Å². The summed E-state index contributed by atoms with van der Waals surface area (Å²) in [7, 11) is 0. The second-order valence-electron chi connectivity index (χ2n) is 4.21. The Hall–Kier alpha value is -0.550. The Labute approximate surface area is 75.5 Å². The van der Waals surface area contributed by atoms with Gasteiger partial charge >= 0.3 is 0 Å². The lowest BCUT2D eigenvalue weighted by molar-refractivity contribution is 0.0937. The molecule has 0 bridgehead atoms. The number of nitriles is 1. The molecule has 0 fully saturated rings. The fourth-order valence-corrected chi connectivity index (χ4v) is 0.702. The van der Waals surface area contributed by atoms with Crippen LogP contribution in [0.2, 0.25) is 0 Å². The molecule has 70 valence electrons. The molecular weight excluding hydrogens is 150 g/mol. The van der Waals surface area contributed by atoms with E-state index in [0.717, 1.165) is 13.0 Å². The lowest BCUT2D eigenvalue weighted by atomic mass is 9.92. The van der Waals surface area contributed by atoms with Crippen LogP contribution in [0.25, 0.3) is 0 Å². The molecule has 0 aromatic rings. The molecule has 0 unspecified atom stereocenters. The first-order valence-electron chi connectivity index (χ1n) is 4.47. The van der Waals surface area contributed by atoms with Crippen molar-refractivity contribution in [3.05, 3.63) is 0 Å². The van der Waals surface area contributed by atoms with E-state index in [1.807, 2.05) is 13.8 Å². The summed E-state index contributed by atoms with van der Waals surface area (Å²) < 4.78 is 5.38. The number of nitrogens with zero attached hydrogens (tertiary/aromatic N) is 1. The SMILES string of the molecule is CC(C)COCCC(C)(C)C#N. The molecule has 0 saturated heterocycles. The third-order valence-electron chi connectivity index (χ3n) is 1.63. The second kappa shape index (κ2) is 5.16. The average Bonchev–Trinajstić information content (AvgIpc) is 1.98. The van der Waals surface area contributed by atoms with Crippen molar-refractivity contribution in [1.29, 1.82) is 5.26 Å². The van der Waals surface area contributed by atoms with Crippen molar-refractivity contribution in [3.63, 3.8) is 0 Å². The second-order valence-corrected chi connectivity index (χ2v) is 4.21. The van der Waals surface area contributed by atoms with Crippen LogP contribution < -0.4 is 0 Å². The maximum atomic E-state index is 8.70. The molecule has 0 aliphatic rings. The topological polar surface area (TPSA) is 33.0 Å². The molecule has 0 rings (SSSR count). The summed E-state index contributed by atoms with van der Waals surface area (Å²) in [5.41, 5.74) is -0.239. The fraction of sp³-hybridized carbons (Fsp3) is 0.900. The van der Waals surface area contributed by atoms with Crippen LogP contribution in [0.3, 0.4) is 0 Å². The van der Waals surface area contributed by atoms with Gasteiger partial charge in [-0.1, -0.05) is 13.8 Å². The van der Waals surface area contributed by atoms with Crippen LogP contribution in [-0.2, 0) is 4.74 Å². The fourth-order valence-electron chi connectivity index (χ4n) is 0.702. The Morgan fingerprint density at radius 2 is 2.00 bits per heavy atom. The number of hydrogen-bond donors (Lipinski definition) is 0. The van der Waals surface area contributed by atoms with Gasteiger partial charge in [-0.05, 0) is 26.2 Å². The molecule has 0 amide bonds. The summed E-state index contributed by atoms with van der Waals surface area (Å²) in [6.07, 6.45) is 0.816. The van der Waals surface area contributed by atoms with Gasteiger partial charge < -0.3 is 4.74 Å².